The second-order valence-corrected chi connectivity index (χ2v) is 7.98. The van der Waals surface area contributed by atoms with E-state index in [-0.39, 0.29) is 35.1 Å². The predicted molar refractivity (Wildman–Crippen MR) is 132 cm³/mol. The third-order valence-electron chi connectivity index (χ3n) is 5.07. The molecule has 2 aromatic heterocycles. The number of ether oxygens (including phenoxy) is 1. The molecule has 0 spiro atoms. The fourth-order valence-corrected chi connectivity index (χ4v) is 3.50. The van der Waals surface area contributed by atoms with Crippen molar-refractivity contribution in [3.05, 3.63) is 112 Å². The number of pyridine rings is 1. The fourth-order valence-electron chi connectivity index (χ4n) is 3.33. The molecule has 176 valence electrons. The van der Waals surface area contributed by atoms with Gasteiger partial charge in [-0.15, -0.1) is 6.58 Å². The lowest BCUT2D eigenvalue weighted by Gasteiger charge is -2.10. The standard InChI is InChI=1S/C26H20ClFN4O3/c1-2-12-32-15-19(26(34)25(31-32)17-7-9-18(28)10-8-17)21(33)13-16-6-11-23(30-14-16)35-22-5-3-4-20(29)24(22)27/h2-11,14-15H,1,12-13,29H2. The van der Waals surface area contributed by atoms with E-state index in [0.29, 0.717) is 22.6 Å². The first-order chi connectivity index (χ1) is 16.9. The third-order valence-corrected chi connectivity index (χ3v) is 5.47. The number of allylic oxidation sites excluding steroid dienone is 1. The number of nitrogens with zero attached hydrogens (tertiary/aromatic N) is 3. The molecule has 0 saturated carbocycles. The number of anilines is 1. The molecule has 2 N–H and O–H groups in total. The number of hydrogen-bond acceptors (Lipinski definition) is 6. The Morgan fingerprint density at radius 1 is 1.17 bits per heavy atom. The number of nitrogens with two attached hydrogens (primary N) is 1. The van der Waals surface area contributed by atoms with E-state index in [4.69, 9.17) is 22.1 Å². The quantitative estimate of drug-likeness (QED) is 0.210. The van der Waals surface area contributed by atoms with Crippen LogP contribution in [0.5, 0.6) is 11.6 Å². The summed E-state index contributed by atoms with van der Waals surface area (Å²) in [6.07, 6.45) is 4.40. The van der Waals surface area contributed by atoms with Crippen molar-refractivity contribution >= 4 is 23.1 Å². The largest absolute Gasteiger partial charge is 0.437 e. The van der Waals surface area contributed by atoms with Crippen molar-refractivity contribution in [2.24, 2.45) is 0 Å². The zero-order valence-electron chi connectivity index (χ0n) is 18.4. The van der Waals surface area contributed by atoms with Gasteiger partial charge in [0.05, 0.1) is 17.8 Å². The van der Waals surface area contributed by atoms with Crippen LogP contribution in [0.15, 0.2) is 84.4 Å². The zero-order valence-corrected chi connectivity index (χ0v) is 19.2. The number of aromatic nitrogens is 3. The van der Waals surface area contributed by atoms with E-state index in [1.54, 1.807) is 36.4 Å². The second-order valence-electron chi connectivity index (χ2n) is 7.60. The third kappa shape index (κ3) is 5.44. The van der Waals surface area contributed by atoms with Gasteiger partial charge in [-0.2, -0.15) is 5.10 Å². The van der Waals surface area contributed by atoms with Crippen LogP contribution in [-0.4, -0.2) is 20.5 Å². The Bertz CT molecular complexity index is 1450. The summed E-state index contributed by atoms with van der Waals surface area (Å²) in [7, 11) is 0. The van der Waals surface area contributed by atoms with Gasteiger partial charge >= 0.3 is 0 Å². The molecule has 4 rings (SSSR count). The van der Waals surface area contributed by atoms with Crippen LogP contribution in [0.1, 0.15) is 15.9 Å². The van der Waals surface area contributed by atoms with E-state index >= 15 is 0 Å². The monoisotopic (exact) mass is 490 g/mol. The molecule has 0 bridgehead atoms. The lowest BCUT2D eigenvalue weighted by atomic mass is 10.0. The average molecular weight is 491 g/mol. The van der Waals surface area contributed by atoms with Crippen molar-refractivity contribution in [1.82, 2.24) is 14.8 Å². The number of rotatable bonds is 8. The minimum absolute atomic E-state index is 0.0342. The first kappa shape index (κ1) is 23.8. The molecule has 7 nitrogen and oxygen atoms in total. The first-order valence-electron chi connectivity index (χ1n) is 10.5. The first-order valence-corrected chi connectivity index (χ1v) is 10.9. The molecule has 0 atom stereocenters. The number of benzene rings is 2. The van der Waals surface area contributed by atoms with Crippen LogP contribution in [0.2, 0.25) is 5.02 Å². The molecule has 0 amide bonds. The summed E-state index contributed by atoms with van der Waals surface area (Å²) in [5.74, 6) is -0.223. The Kier molecular flexibility index (Phi) is 7.03. The van der Waals surface area contributed by atoms with Crippen molar-refractivity contribution in [3.63, 3.8) is 0 Å². The van der Waals surface area contributed by atoms with Crippen molar-refractivity contribution in [2.75, 3.05) is 5.73 Å². The van der Waals surface area contributed by atoms with Gasteiger partial charge in [0.1, 0.15) is 22.3 Å². The zero-order chi connectivity index (χ0) is 24.9. The molecule has 2 aromatic carbocycles. The highest BCUT2D eigenvalue weighted by Crippen LogP contribution is 2.32. The van der Waals surface area contributed by atoms with Gasteiger partial charge in [-0.1, -0.05) is 29.8 Å². The Labute approximate surface area is 205 Å². The smallest absolute Gasteiger partial charge is 0.219 e. The van der Waals surface area contributed by atoms with E-state index in [9.17, 15) is 14.0 Å². The van der Waals surface area contributed by atoms with E-state index in [1.807, 2.05) is 0 Å². The minimum Gasteiger partial charge on any atom is -0.437 e. The van der Waals surface area contributed by atoms with Gasteiger partial charge in [-0.05, 0) is 42.0 Å². The highest BCUT2D eigenvalue weighted by atomic mass is 35.5. The van der Waals surface area contributed by atoms with E-state index in [0.717, 1.165) is 0 Å². The maximum atomic E-state index is 13.3. The summed E-state index contributed by atoms with van der Waals surface area (Å²) in [5, 5.41) is 4.56. The summed E-state index contributed by atoms with van der Waals surface area (Å²) < 4.78 is 20.5. The molecule has 0 saturated heterocycles. The molecular weight excluding hydrogens is 471 g/mol. The number of ketones is 1. The molecule has 2 heterocycles. The second kappa shape index (κ2) is 10.3. The van der Waals surface area contributed by atoms with Gasteiger partial charge in [0.15, 0.2) is 5.78 Å². The predicted octanol–water partition coefficient (Wildman–Crippen LogP) is 5.08. The van der Waals surface area contributed by atoms with Gasteiger partial charge in [0.25, 0.3) is 0 Å². The Hall–Kier alpha value is -4.30. The summed E-state index contributed by atoms with van der Waals surface area (Å²) in [6.45, 7) is 3.96. The van der Waals surface area contributed by atoms with Crippen LogP contribution in [0, 0.1) is 5.82 Å². The lowest BCUT2D eigenvalue weighted by Crippen LogP contribution is -2.23. The molecule has 0 radical (unpaired) electrons. The van der Waals surface area contributed by atoms with Gasteiger partial charge in [0, 0.05) is 30.4 Å². The fraction of sp³-hybridized carbons (Fsp3) is 0.0769. The van der Waals surface area contributed by atoms with Gasteiger partial charge in [0.2, 0.25) is 11.3 Å². The molecule has 9 heteroatoms. The number of halogens is 2. The number of carbonyl (C=O) groups excluding carboxylic acids is 1. The highest BCUT2D eigenvalue weighted by Gasteiger charge is 2.18. The van der Waals surface area contributed by atoms with E-state index in [2.05, 4.69) is 16.7 Å². The number of nitrogen functional groups attached to an aromatic ring is 1. The maximum absolute atomic E-state index is 13.3. The summed E-state index contributed by atoms with van der Waals surface area (Å²) >= 11 is 6.14. The molecule has 4 aromatic rings. The van der Waals surface area contributed by atoms with Crippen molar-refractivity contribution in [3.8, 4) is 22.9 Å². The van der Waals surface area contributed by atoms with Gasteiger partial charge < -0.3 is 10.5 Å². The average Bonchev–Trinajstić information content (AvgIpc) is 2.85. The van der Waals surface area contributed by atoms with E-state index < -0.39 is 17.0 Å². The minimum atomic E-state index is -0.536. The van der Waals surface area contributed by atoms with Crippen LogP contribution >= 0.6 is 11.6 Å². The molecule has 0 fully saturated rings. The number of hydrogen-bond donors (Lipinski definition) is 1. The van der Waals surface area contributed by atoms with Gasteiger partial charge in [-0.3, -0.25) is 14.3 Å². The lowest BCUT2D eigenvalue weighted by molar-refractivity contribution is 0.0990. The normalized spacial score (nSPS) is 10.7. The molecule has 0 unspecified atom stereocenters. The topological polar surface area (TPSA) is 100 Å². The van der Waals surface area contributed by atoms with Crippen molar-refractivity contribution in [2.45, 2.75) is 13.0 Å². The Balaban J connectivity index is 1.58. The Morgan fingerprint density at radius 3 is 2.63 bits per heavy atom. The van der Waals surface area contributed by atoms with Crippen LogP contribution in [0.3, 0.4) is 0 Å². The van der Waals surface area contributed by atoms with E-state index in [1.165, 1.54) is 41.3 Å². The molecular formula is C26H20ClFN4O3. The molecule has 0 aliphatic rings. The SMILES string of the molecule is C=CCn1cc(C(=O)Cc2ccc(Oc3cccc(N)c3Cl)nc2)c(=O)c(-c2ccc(F)cc2)n1. The van der Waals surface area contributed by atoms with Crippen LogP contribution in [-0.2, 0) is 13.0 Å². The van der Waals surface area contributed by atoms with Crippen LogP contribution in [0.25, 0.3) is 11.3 Å². The van der Waals surface area contributed by atoms with Crippen molar-refractivity contribution in [1.29, 1.82) is 0 Å². The van der Waals surface area contributed by atoms with Crippen LogP contribution < -0.4 is 15.9 Å². The molecule has 0 aliphatic carbocycles. The van der Waals surface area contributed by atoms with Gasteiger partial charge in [-0.25, -0.2) is 9.37 Å². The van der Waals surface area contributed by atoms with Crippen molar-refractivity contribution < 1.29 is 13.9 Å². The maximum Gasteiger partial charge on any atom is 0.219 e. The highest BCUT2D eigenvalue weighted by molar-refractivity contribution is 6.34. The summed E-state index contributed by atoms with van der Waals surface area (Å²) in [4.78, 5) is 30.4. The summed E-state index contributed by atoms with van der Waals surface area (Å²) in [6, 6.07) is 13.6. The number of carbonyl (C=O) groups is 1. The Morgan fingerprint density at radius 2 is 1.94 bits per heavy atom. The summed E-state index contributed by atoms with van der Waals surface area (Å²) in [5.41, 5.74) is 6.63. The molecule has 35 heavy (non-hydrogen) atoms. The molecule has 0 aliphatic heterocycles. The number of Topliss-reactive ketones (excluding diaryl/α,β-unsaturated/α-hetero) is 1. The van der Waals surface area contributed by atoms with Crippen LogP contribution in [0.4, 0.5) is 10.1 Å².